The summed E-state index contributed by atoms with van der Waals surface area (Å²) in [7, 11) is 0. The third-order valence-electron chi connectivity index (χ3n) is 3.30. The van der Waals surface area contributed by atoms with Crippen LogP contribution >= 0.6 is 23.2 Å². The first kappa shape index (κ1) is 14.0. The molecule has 3 aromatic rings. The normalized spacial score (nSPS) is 10.8. The Labute approximate surface area is 132 Å². The SMILES string of the molecule is Cc1ccc(-c2onc(N)c2-c2ccccc2Cl)cc1Cl. The lowest BCUT2D eigenvalue weighted by atomic mass is 10.0. The summed E-state index contributed by atoms with van der Waals surface area (Å²) in [6, 6.07) is 13.1. The fraction of sp³-hybridized carbons (Fsp3) is 0.0625. The molecule has 0 bridgehead atoms. The standard InChI is InChI=1S/C16H12Cl2N2O/c1-9-6-7-10(8-13(9)18)15-14(16(19)20-21-15)11-4-2-3-5-12(11)17/h2-8H,1H3,(H2,19,20). The van der Waals surface area contributed by atoms with Gasteiger partial charge >= 0.3 is 0 Å². The molecule has 3 nitrogen and oxygen atoms in total. The molecule has 2 aromatic carbocycles. The van der Waals surface area contributed by atoms with Gasteiger partial charge in [0.2, 0.25) is 0 Å². The molecule has 2 N–H and O–H groups in total. The van der Waals surface area contributed by atoms with E-state index in [1.807, 2.05) is 43.3 Å². The van der Waals surface area contributed by atoms with E-state index >= 15 is 0 Å². The molecule has 106 valence electrons. The van der Waals surface area contributed by atoms with E-state index in [1.54, 1.807) is 6.07 Å². The number of aryl methyl sites for hydroxylation is 1. The number of halogens is 2. The largest absolute Gasteiger partial charge is 0.380 e. The number of anilines is 1. The highest BCUT2D eigenvalue weighted by molar-refractivity contribution is 6.33. The lowest BCUT2D eigenvalue weighted by Gasteiger charge is -2.06. The second-order valence-corrected chi connectivity index (χ2v) is 5.53. The summed E-state index contributed by atoms with van der Waals surface area (Å²) >= 11 is 12.4. The minimum Gasteiger partial charge on any atom is -0.380 e. The fourth-order valence-corrected chi connectivity index (χ4v) is 2.57. The maximum atomic E-state index is 6.25. The predicted octanol–water partition coefficient (Wildman–Crippen LogP) is 5.21. The van der Waals surface area contributed by atoms with Crippen LogP contribution in [0.4, 0.5) is 5.82 Å². The van der Waals surface area contributed by atoms with Crippen LogP contribution in [-0.4, -0.2) is 5.16 Å². The number of aromatic nitrogens is 1. The molecule has 0 saturated carbocycles. The van der Waals surface area contributed by atoms with Crippen molar-refractivity contribution >= 4 is 29.0 Å². The number of nitrogens with two attached hydrogens (primary N) is 1. The molecule has 0 atom stereocenters. The Balaban J connectivity index is 2.22. The molecule has 0 amide bonds. The van der Waals surface area contributed by atoms with Crippen molar-refractivity contribution in [1.29, 1.82) is 0 Å². The van der Waals surface area contributed by atoms with Gasteiger partial charge in [-0.25, -0.2) is 0 Å². The Morgan fingerprint density at radius 2 is 1.81 bits per heavy atom. The minimum absolute atomic E-state index is 0.301. The summed E-state index contributed by atoms with van der Waals surface area (Å²) < 4.78 is 5.39. The van der Waals surface area contributed by atoms with E-state index in [-0.39, 0.29) is 0 Å². The first-order valence-electron chi connectivity index (χ1n) is 6.34. The molecule has 0 unspecified atom stereocenters. The van der Waals surface area contributed by atoms with Gasteiger partial charge < -0.3 is 10.3 Å². The second-order valence-electron chi connectivity index (χ2n) is 4.72. The summed E-state index contributed by atoms with van der Waals surface area (Å²) in [4.78, 5) is 0. The highest BCUT2D eigenvalue weighted by atomic mass is 35.5. The van der Waals surface area contributed by atoms with E-state index in [0.717, 1.165) is 16.7 Å². The van der Waals surface area contributed by atoms with Crippen LogP contribution < -0.4 is 5.73 Å². The van der Waals surface area contributed by atoms with Crippen LogP contribution in [0.25, 0.3) is 22.5 Å². The number of benzene rings is 2. The van der Waals surface area contributed by atoms with Crippen molar-refractivity contribution in [2.24, 2.45) is 0 Å². The van der Waals surface area contributed by atoms with Gasteiger partial charge in [0.15, 0.2) is 11.6 Å². The third-order valence-corrected chi connectivity index (χ3v) is 4.03. The van der Waals surface area contributed by atoms with Crippen LogP contribution in [0.5, 0.6) is 0 Å². The Kier molecular flexibility index (Phi) is 3.62. The van der Waals surface area contributed by atoms with Crippen LogP contribution in [0.2, 0.25) is 10.0 Å². The van der Waals surface area contributed by atoms with Gasteiger partial charge in [-0.3, -0.25) is 0 Å². The lowest BCUT2D eigenvalue weighted by molar-refractivity contribution is 0.436. The van der Waals surface area contributed by atoms with Crippen molar-refractivity contribution in [2.45, 2.75) is 6.92 Å². The van der Waals surface area contributed by atoms with E-state index in [1.165, 1.54) is 0 Å². The molecular weight excluding hydrogens is 307 g/mol. The number of rotatable bonds is 2. The average molecular weight is 319 g/mol. The van der Waals surface area contributed by atoms with Crippen LogP contribution in [0.15, 0.2) is 47.0 Å². The molecule has 0 aliphatic carbocycles. The van der Waals surface area contributed by atoms with E-state index in [2.05, 4.69) is 5.16 Å². The van der Waals surface area contributed by atoms with E-state index in [9.17, 15) is 0 Å². The number of hydrogen-bond donors (Lipinski definition) is 1. The zero-order chi connectivity index (χ0) is 15.0. The van der Waals surface area contributed by atoms with E-state index in [0.29, 0.717) is 27.2 Å². The van der Waals surface area contributed by atoms with E-state index < -0.39 is 0 Å². The Morgan fingerprint density at radius 1 is 1.05 bits per heavy atom. The van der Waals surface area contributed by atoms with Crippen molar-refractivity contribution in [3.05, 3.63) is 58.1 Å². The summed E-state index contributed by atoms with van der Waals surface area (Å²) in [5.74, 6) is 0.859. The number of hydrogen-bond acceptors (Lipinski definition) is 3. The first-order chi connectivity index (χ1) is 10.1. The summed E-state index contributed by atoms with van der Waals surface area (Å²) in [6.07, 6.45) is 0. The minimum atomic E-state index is 0.301. The molecule has 0 radical (unpaired) electrons. The second kappa shape index (κ2) is 5.43. The Morgan fingerprint density at radius 3 is 2.52 bits per heavy atom. The van der Waals surface area contributed by atoms with Crippen molar-refractivity contribution in [1.82, 2.24) is 5.16 Å². The smallest absolute Gasteiger partial charge is 0.177 e. The first-order valence-corrected chi connectivity index (χ1v) is 7.10. The molecule has 0 aliphatic heterocycles. The predicted molar refractivity (Wildman–Crippen MR) is 86.5 cm³/mol. The van der Waals surface area contributed by atoms with Crippen LogP contribution in [0, 0.1) is 6.92 Å². The van der Waals surface area contributed by atoms with Crippen LogP contribution in [-0.2, 0) is 0 Å². The molecule has 0 spiro atoms. The van der Waals surface area contributed by atoms with Gasteiger partial charge in [0.05, 0.1) is 5.56 Å². The molecule has 3 rings (SSSR count). The van der Waals surface area contributed by atoms with Gasteiger partial charge in [0.1, 0.15) is 0 Å². The van der Waals surface area contributed by atoms with Gasteiger partial charge in [-0.1, -0.05) is 58.7 Å². The van der Waals surface area contributed by atoms with Gasteiger partial charge in [-0.05, 0) is 24.6 Å². The van der Waals surface area contributed by atoms with Gasteiger partial charge in [0, 0.05) is 21.2 Å². The molecule has 21 heavy (non-hydrogen) atoms. The van der Waals surface area contributed by atoms with Crippen molar-refractivity contribution in [2.75, 3.05) is 5.73 Å². The average Bonchev–Trinajstić information content (AvgIpc) is 2.84. The molecule has 0 fully saturated rings. The highest BCUT2D eigenvalue weighted by Crippen LogP contribution is 2.40. The summed E-state index contributed by atoms with van der Waals surface area (Å²) in [6.45, 7) is 1.94. The van der Waals surface area contributed by atoms with Gasteiger partial charge in [-0.2, -0.15) is 0 Å². The third kappa shape index (κ3) is 2.50. The van der Waals surface area contributed by atoms with Crippen molar-refractivity contribution in [3.63, 3.8) is 0 Å². The molecule has 1 heterocycles. The zero-order valence-electron chi connectivity index (χ0n) is 11.2. The number of nitrogen functional groups attached to an aromatic ring is 1. The molecular formula is C16H12Cl2N2O. The maximum Gasteiger partial charge on any atom is 0.177 e. The van der Waals surface area contributed by atoms with Crippen molar-refractivity contribution in [3.8, 4) is 22.5 Å². The van der Waals surface area contributed by atoms with Crippen molar-refractivity contribution < 1.29 is 4.52 Å². The lowest BCUT2D eigenvalue weighted by Crippen LogP contribution is -1.89. The Hall–Kier alpha value is -1.97. The van der Waals surface area contributed by atoms with Gasteiger partial charge in [-0.15, -0.1) is 0 Å². The van der Waals surface area contributed by atoms with Crippen LogP contribution in [0.3, 0.4) is 0 Å². The molecule has 0 aliphatic rings. The topological polar surface area (TPSA) is 52.0 Å². The van der Waals surface area contributed by atoms with Gasteiger partial charge in [0.25, 0.3) is 0 Å². The Bertz CT molecular complexity index is 812. The highest BCUT2D eigenvalue weighted by Gasteiger charge is 2.19. The zero-order valence-corrected chi connectivity index (χ0v) is 12.7. The van der Waals surface area contributed by atoms with E-state index in [4.69, 9.17) is 33.5 Å². The molecule has 1 aromatic heterocycles. The monoisotopic (exact) mass is 318 g/mol. The molecule has 5 heteroatoms. The summed E-state index contributed by atoms with van der Waals surface area (Å²) in [5, 5.41) is 5.11. The fourth-order valence-electron chi connectivity index (χ4n) is 2.16. The quantitative estimate of drug-likeness (QED) is 0.706. The summed E-state index contributed by atoms with van der Waals surface area (Å²) in [5.41, 5.74) is 9.22. The number of nitrogens with zero attached hydrogens (tertiary/aromatic N) is 1. The maximum absolute atomic E-state index is 6.25. The van der Waals surface area contributed by atoms with Crippen LogP contribution in [0.1, 0.15) is 5.56 Å². The molecule has 0 saturated heterocycles.